The second-order valence-electron chi connectivity index (χ2n) is 11.2. The molecule has 0 radical (unpaired) electrons. The smallest absolute Gasteiger partial charge is 0.264 e. The van der Waals surface area contributed by atoms with E-state index in [1.165, 1.54) is 17.0 Å². The van der Waals surface area contributed by atoms with Crippen LogP contribution in [0.1, 0.15) is 50.8 Å². The van der Waals surface area contributed by atoms with Gasteiger partial charge in [0.1, 0.15) is 12.6 Å². The molecule has 0 fully saturated rings. The van der Waals surface area contributed by atoms with Gasteiger partial charge >= 0.3 is 0 Å². The molecular weight excluding hydrogens is 617 g/mol. The first-order chi connectivity index (χ1) is 19.5. The molecule has 7 nitrogen and oxygen atoms in total. The summed E-state index contributed by atoms with van der Waals surface area (Å²) in [6.45, 7) is 10.3. The van der Waals surface area contributed by atoms with Crippen LogP contribution in [0, 0.1) is 13.8 Å². The van der Waals surface area contributed by atoms with E-state index in [-0.39, 0.29) is 23.8 Å². The number of halogens is 3. The monoisotopic (exact) mass is 651 g/mol. The first kappa shape index (κ1) is 33.7. The highest BCUT2D eigenvalue weighted by atomic mass is 35.5. The Bertz CT molecular complexity index is 1550. The van der Waals surface area contributed by atoms with Gasteiger partial charge in [0.15, 0.2) is 0 Å². The van der Waals surface area contributed by atoms with Crippen LogP contribution in [-0.2, 0) is 26.2 Å². The van der Waals surface area contributed by atoms with Crippen LogP contribution in [0.4, 0.5) is 5.69 Å². The van der Waals surface area contributed by atoms with Crippen LogP contribution >= 0.6 is 34.8 Å². The van der Waals surface area contributed by atoms with Gasteiger partial charge in [-0.3, -0.25) is 13.9 Å². The highest BCUT2D eigenvalue weighted by Gasteiger charge is 2.35. The number of rotatable bonds is 10. The molecule has 0 saturated heterocycles. The van der Waals surface area contributed by atoms with E-state index >= 15 is 0 Å². The van der Waals surface area contributed by atoms with Gasteiger partial charge in [-0.1, -0.05) is 65.5 Å². The highest BCUT2D eigenvalue weighted by molar-refractivity contribution is 7.92. The van der Waals surface area contributed by atoms with Gasteiger partial charge in [0, 0.05) is 27.2 Å². The summed E-state index contributed by atoms with van der Waals surface area (Å²) in [5.74, 6) is -0.944. The number of benzene rings is 3. The predicted molar refractivity (Wildman–Crippen MR) is 171 cm³/mol. The van der Waals surface area contributed by atoms with Gasteiger partial charge in [-0.05, 0) is 94.6 Å². The fourth-order valence-electron chi connectivity index (χ4n) is 4.46. The number of anilines is 1. The third kappa shape index (κ3) is 8.40. The van der Waals surface area contributed by atoms with E-state index in [9.17, 15) is 18.0 Å². The third-order valence-corrected chi connectivity index (χ3v) is 9.15. The average Bonchev–Trinajstić information content (AvgIpc) is 2.88. The largest absolute Gasteiger partial charge is 0.350 e. The molecule has 0 heterocycles. The lowest BCUT2D eigenvalue weighted by Gasteiger charge is -2.35. The Morgan fingerprint density at radius 1 is 0.905 bits per heavy atom. The van der Waals surface area contributed by atoms with Crippen LogP contribution in [0.2, 0.25) is 15.1 Å². The number of hydrogen-bond acceptors (Lipinski definition) is 4. The van der Waals surface area contributed by atoms with E-state index in [0.29, 0.717) is 31.9 Å². The Kier molecular flexibility index (Phi) is 11.0. The van der Waals surface area contributed by atoms with E-state index in [1.807, 2.05) is 27.7 Å². The minimum atomic E-state index is -4.20. The summed E-state index contributed by atoms with van der Waals surface area (Å²) in [4.78, 5) is 29.1. The molecule has 0 bridgehead atoms. The first-order valence-corrected chi connectivity index (χ1v) is 16.0. The van der Waals surface area contributed by atoms with Crippen molar-refractivity contribution in [3.05, 3.63) is 92.4 Å². The highest BCUT2D eigenvalue weighted by Crippen LogP contribution is 2.30. The third-order valence-electron chi connectivity index (χ3n) is 6.56. The van der Waals surface area contributed by atoms with Gasteiger partial charge in [-0.25, -0.2) is 8.42 Å². The molecule has 3 aromatic rings. The summed E-state index contributed by atoms with van der Waals surface area (Å²) >= 11 is 18.8. The van der Waals surface area contributed by atoms with Gasteiger partial charge < -0.3 is 10.2 Å². The lowest BCUT2D eigenvalue weighted by atomic mass is 10.1. The Morgan fingerprint density at radius 2 is 1.50 bits per heavy atom. The molecular formula is C31H36Cl3N3O4S. The minimum Gasteiger partial charge on any atom is -0.350 e. The molecule has 1 unspecified atom stereocenters. The number of amides is 2. The summed E-state index contributed by atoms with van der Waals surface area (Å²) < 4.78 is 29.2. The number of sulfonamides is 1. The van der Waals surface area contributed by atoms with E-state index < -0.39 is 34.1 Å². The van der Waals surface area contributed by atoms with Crippen LogP contribution in [0.5, 0.6) is 0 Å². The molecule has 11 heteroatoms. The van der Waals surface area contributed by atoms with E-state index in [4.69, 9.17) is 34.8 Å². The van der Waals surface area contributed by atoms with E-state index in [1.54, 1.807) is 62.4 Å². The van der Waals surface area contributed by atoms with Crippen molar-refractivity contribution in [3.8, 4) is 0 Å². The Hall–Kier alpha value is -2.78. The first-order valence-electron chi connectivity index (χ1n) is 13.4. The van der Waals surface area contributed by atoms with Gasteiger partial charge in [-0.15, -0.1) is 0 Å². The Morgan fingerprint density at radius 3 is 2.05 bits per heavy atom. The quantitative estimate of drug-likeness (QED) is 0.251. The Labute approximate surface area is 263 Å². The SMILES string of the molecule is CCC(C(=O)NC(C)(C)C)N(Cc1ccc(Cl)cc1Cl)C(=O)CN(c1ccc(Cl)cc1C)S(=O)(=O)c1ccc(C)cc1. The lowest BCUT2D eigenvalue weighted by molar-refractivity contribution is -0.141. The fraction of sp³-hybridized carbons (Fsp3) is 0.355. The fourth-order valence-corrected chi connectivity index (χ4v) is 6.63. The molecule has 0 aliphatic rings. The summed E-state index contributed by atoms with van der Waals surface area (Å²) in [5, 5.41) is 4.12. The molecule has 1 N–H and O–H groups in total. The molecule has 42 heavy (non-hydrogen) atoms. The zero-order valence-electron chi connectivity index (χ0n) is 24.5. The molecule has 0 spiro atoms. The maximum absolute atomic E-state index is 14.2. The molecule has 3 aromatic carbocycles. The normalized spacial score (nSPS) is 12.5. The number of carbonyl (C=O) groups is 2. The molecule has 226 valence electrons. The number of nitrogens with zero attached hydrogens (tertiary/aromatic N) is 2. The summed E-state index contributed by atoms with van der Waals surface area (Å²) in [6.07, 6.45) is 0.281. The van der Waals surface area contributed by atoms with Crippen molar-refractivity contribution < 1.29 is 18.0 Å². The maximum atomic E-state index is 14.2. The lowest BCUT2D eigenvalue weighted by Crippen LogP contribution is -2.55. The van der Waals surface area contributed by atoms with Crippen LogP contribution in [0.15, 0.2) is 65.6 Å². The van der Waals surface area contributed by atoms with Crippen molar-refractivity contribution in [1.29, 1.82) is 0 Å². The van der Waals surface area contributed by atoms with Gasteiger partial charge in [0.2, 0.25) is 11.8 Å². The topological polar surface area (TPSA) is 86.8 Å². The summed E-state index contributed by atoms with van der Waals surface area (Å²) in [6, 6.07) is 15.2. The summed E-state index contributed by atoms with van der Waals surface area (Å²) in [7, 11) is -4.20. The summed E-state index contributed by atoms with van der Waals surface area (Å²) in [5.41, 5.74) is 1.76. The number of aryl methyl sites for hydroxylation is 2. The van der Waals surface area contributed by atoms with Gasteiger partial charge in [0.05, 0.1) is 10.6 Å². The van der Waals surface area contributed by atoms with Gasteiger partial charge in [-0.2, -0.15) is 0 Å². The van der Waals surface area contributed by atoms with E-state index in [0.717, 1.165) is 9.87 Å². The number of nitrogens with one attached hydrogen (secondary N) is 1. The van der Waals surface area contributed by atoms with Crippen molar-refractivity contribution in [2.45, 2.75) is 71.0 Å². The molecule has 3 rings (SSSR count). The zero-order chi connectivity index (χ0) is 31.4. The molecule has 0 saturated carbocycles. The number of hydrogen-bond donors (Lipinski definition) is 1. The van der Waals surface area contributed by atoms with Crippen LogP contribution in [0.25, 0.3) is 0 Å². The standard InChI is InChI=1S/C31H36Cl3N3O4S/c1-7-27(30(39)35-31(4,5)6)36(18-22-10-11-24(33)17-26(22)34)29(38)19-37(28-15-12-23(32)16-21(28)3)42(40,41)25-13-8-20(2)9-14-25/h8-17,27H,7,18-19H2,1-6H3,(H,35,39). The average molecular weight is 653 g/mol. The van der Waals surface area contributed by atoms with Crippen molar-refractivity contribution in [3.63, 3.8) is 0 Å². The molecule has 1 atom stereocenters. The van der Waals surface area contributed by atoms with Crippen molar-refractivity contribution >= 4 is 62.3 Å². The zero-order valence-corrected chi connectivity index (χ0v) is 27.6. The maximum Gasteiger partial charge on any atom is 0.264 e. The predicted octanol–water partition coefficient (Wildman–Crippen LogP) is 7.18. The molecule has 2 amide bonds. The van der Waals surface area contributed by atoms with Crippen molar-refractivity contribution in [2.75, 3.05) is 10.8 Å². The Balaban J connectivity index is 2.13. The number of carbonyl (C=O) groups excluding carboxylic acids is 2. The van der Waals surface area contributed by atoms with Crippen LogP contribution in [0.3, 0.4) is 0 Å². The van der Waals surface area contributed by atoms with Crippen LogP contribution in [-0.4, -0.2) is 43.3 Å². The van der Waals surface area contributed by atoms with Crippen molar-refractivity contribution in [1.82, 2.24) is 10.2 Å². The van der Waals surface area contributed by atoms with Gasteiger partial charge in [0.25, 0.3) is 10.0 Å². The second kappa shape index (κ2) is 13.7. The van der Waals surface area contributed by atoms with Crippen LogP contribution < -0.4 is 9.62 Å². The second-order valence-corrected chi connectivity index (χ2v) is 14.3. The van der Waals surface area contributed by atoms with E-state index in [2.05, 4.69) is 5.32 Å². The molecule has 0 aliphatic carbocycles. The van der Waals surface area contributed by atoms with Crippen molar-refractivity contribution in [2.24, 2.45) is 0 Å². The minimum absolute atomic E-state index is 0.0278. The molecule has 0 aliphatic heterocycles. The molecule has 0 aromatic heterocycles.